The van der Waals surface area contributed by atoms with Crippen LogP contribution in [0.25, 0.3) is 0 Å². The Labute approximate surface area is 84.1 Å². The molecule has 1 saturated heterocycles. The third kappa shape index (κ3) is 2.07. The zero-order chi connectivity index (χ0) is 10.2. The lowest BCUT2D eigenvalue weighted by Crippen LogP contribution is -2.22. The quantitative estimate of drug-likeness (QED) is 0.776. The van der Waals surface area contributed by atoms with Gasteiger partial charge in [-0.2, -0.15) is 0 Å². The van der Waals surface area contributed by atoms with Crippen LogP contribution >= 0.6 is 0 Å². The average molecular weight is 195 g/mol. The molecule has 0 saturated carbocycles. The van der Waals surface area contributed by atoms with Crippen molar-refractivity contribution in [1.82, 2.24) is 9.55 Å². The van der Waals surface area contributed by atoms with Crippen LogP contribution in [0.4, 0.5) is 5.82 Å². The standard InChI is InChI=1S/C10H17N3O/c1-10(2)4-3-8(14-10)5-13-6-9(11)12-7-13/h6-8H,3-5,11H2,1-2H3. The molecule has 0 radical (unpaired) electrons. The monoisotopic (exact) mass is 195 g/mol. The summed E-state index contributed by atoms with van der Waals surface area (Å²) in [5.74, 6) is 0.572. The van der Waals surface area contributed by atoms with E-state index in [1.54, 1.807) is 6.33 Å². The van der Waals surface area contributed by atoms with Crippen molar-refractivity contribution in [2.75, 3.05) is 5.73 Å². The van der Waals surface area contributed by atoms with E-state index in [4.69, 9.17) is 10.5 Å². The van der Waals surface area contributed by atoms with E-state index in [1.165, 1.54) is 0 Å². The maximum absolute atomic E-state index is 5.87. The van der Waals surface area contributed by atoms with Gasteiger partial charge in [0.05, 0.1) is 18.0 Å². The average Bonchev–Trinajstić information content (AvgIpc) is 2.59. The van der Waals surface area contributed by atoms with Gasteiger partial charge in [-0.25, -0.2) is 4.98 Å². The summed E-state index contributed by atoms with van der Waals surface area (Å²) in [6.45, 7) is 5.12. The molecule has 2 rings (SSSR count). The Morgan fingerprint density at radius 3 is 3.00 bits per heavy atom. The van der Waals surface area contributed by atoms with Crippen molar-refractivity contribution in [3.63, 3.8) is 0 Å². The summed E-state index contributed by atoms with van der Waals surface area (Å²) < 4.78 is 7.86. The summed E-state index contributed by atoms with van der Waals surface area (Å²) in [4.78, 5) is 3.98. The molecule has 1 fully saturated rings. The number of hydrogen-bond acceptors (Lipinski definition) is 3. The first-order chi connectivity index (χ1) is 6.55. The Morgan fingerprint density at radius 2 is 2.50 bits per heavy atom. The molecule has 0 spiro atoms. The van der Waals surface area contributed by atoms with Gasteiger partial charge in [0, 0.05) is 12.7 Å². The van der Waals surface area contributed by atoms with Gasteiger partial charge in [-0.3, -0.25) is 0 Å². The zero-order valence-electron chi connectivity index (χ0n) is 8.73. The topological polar surface area (TPSA) is 53.1 Å². The smallest absolute Gasteiger partial charge is 0.141 e. The first-order valence-corrected chi connectivity index (χ1v) is 5.00. The molecule has 4 heteroatoms. The summed E-state index contributed by atoms with van der Waals surface area (Å²) in [5, 5.41) is 0. The van der Waals surface area contributed by atoms with Crippen molar-refractivity contribution >= 4 is 5.82 Å². The Balaban J connectivity index is 1.94. The second kappa shape index (κ2) is 3.28. The van der Waals surface area contributed by atoms with Crippen molar-refractivity contribution in [2.24, 2.45) is 0 Å². The van der Waals surface area contributed by atoms with Crippen molar-refractivity contribution in [2.45, 2.75) is 44.9 Å². The highest BCUT2D eigenvalue weighted by Crippen LogP contribution is 2.30. The SMILES string of the molecule is CC1(C)CCC(Cn2cnc(N)c2)O1. The molecule has 2 heterocycles. The molecule has 1 aromatic rings. The predicted molar refractivity (Wildman–Crippen MR) is 54.8 cm³/mol. The molecule has 14 heavy (non-hydrogen) atoms. The highest BCUT2D eigenvalue weighted by Gasteiger charge is 2.31. The third-order valence-electron chi connectivity index (χ3n) is 2.62. The van der Waals surface area contributed by atoms with Gasteiger partial charge in [0.15, 0.2) is 0 Å². The number of anilines is 1. The first-order valence-electron chi connectivity index (χ1n) is 5.00. The van der Waals surface area contributed by atoms with Gasteiger partial charge in [-0.05, 0) is 26.7 Å². The maximum atomic E-state index is 5.87. The third-order valence-corrected chi connectivity index (χ3v) is 2.62. The fraction of sp³-hybridized carbons (Fsp3) is 0.700. The van der Waals surface area contributed by atoms with Gasteiger partial charge in [0.1, 0.15) is 5.82 Å². The zero-order valence-corrected chi connectivity index (χ0v) is 8.73. The molecule has 4 nitrogen and oxygen atoms in total. The van der Waals surface area contributed by atoms with Crippen molar-refractivity contribution in [3.05, 3.63) is 12.5 Å². The second-order valence-corrected chi connectivity index (χ2v) is 4.53. The number of nitrogens with two attached hydrogens (primary N) is 1. The number of hydrogen-bond donors (Lipinski definition) is 1. The molecule has 0 aliphatic carbocycles. The summed E-state index contributed by atoms with van der Waals surface area (Å²) in [6.07, 6.45) is 6.14. The predicted octanol–water partition coefficient (Wildman–Crippen LogP) is 1.42. The Morgan fingerprint density at radius 1 is 1.71 bits per heavy atom. The van der Waals surface area contributed by atoms with Crippen LogP contribution in [-0.4, -0.2) is 21.3 Å². The van der Waals surface area contributed by atoms with Crippen LogP contribution in [0.2, 0.25) is 0 Å². The molecule has 1 atom stereocenters. The van der Waals surface area contributed by atoms with Crippen LogP contribution in [0, 0.1) is 0 Å². The number of nitrogens with zero attached hydrogens (tertiary/aromatic N) is 2. The second-order valence-electron chi connectivity index (χ2n) is 4.53. The van der Waals surface area contributed by atoms with E-state index in [-0.39, 0.29) is 5.60 Å². The minimum absolute atomic E-state index is 0.0385. The van der Waals surface area contributed by atoms with E-state index in [1.807, 2.05) is 10.8 Å². The Kier molecular flexibility index (Phi) is 2.23. The van der Waals surface area contributed by atoms with Gasteiger partial charge in [0.2, 0.25) is 0 Å². The van der Waals surface area contributed by atoms with E-state index in [0.29, 0.717) is 11.9 Å². The Bertz CT molecular complexity index is 319. The fourth-order valence-corrected chi connectivity index (χ4v) is 1.92. The van der Waals surface area contributed by atoms with Gasteiger partial charge >= 0.3 is 0 Å². The van der Waals surface area contributed by atoms with Crippen LogP contribution in [0.15, 0.2) is 12.5 Å². The Hall–Kier alpha value is -1.03. The summed E-state index contributed by atoms with van der Waals surface area (Å²) in [5.41, 5.74) is 5.57. The molecule has 1 aromatic heterocycles. The molecular formula is C10H17N3O. The fourth-order valence-electron chi connectivity index (χ4n) is 1.92. The molecule has 1 aliphatic rings. The van der Waals surface area contributed by atoms with E-state index < -0.39 is 0 Å². The molecule has 78 valence electrons. The van der Waals surface area contributed by atoms with Crippen molar-refractivity contribution in [1.29, 1.82) is 0 Å². The molecular weight excluding hydrogens is 178 g/mol. The van der Waals surface area contributed by atoms with E-state index in [0.717, 1.165) is 19.4 Å². The summed E-state index contributed by atoms with van der Waals surface area (Å²) >= 11 is 0. The van der Waals surface area contributed by atoms with E-state index in [9.17, 15) is 0 Å². The van der Waals surface area contributed by atoms with Gasteiger partial charge in [0.25, 0.3) is 0 Å². The largest absolute Gasteiger partial charge is 0.382 e. The van der Waals surface area contributed by atoms with Crippen LogP contribution in [-0.2, 0) is 11.3 Å². The molecule has 0 aromatic carbocycles. The summed E-state index contributed by atoms with van der Waals surface area (Å²) in [6, 6.07) is 0. The molecule has 0 bridgehead atoms. The number of aromatic nitrogens is 2. The maximum Gasteiger partial charge on any atom is 0.141 e. The molecule has 1 unspecified atom stereocenters. The number of nitrogen functional groups attached to an aromatic ring is 1. The molecule has 2 N–H and O–H groups in total. The highest BCUT2D eigenvalue weighted by atomic mass is 16.5. The number of ether oxygens (including phenoxy) is 1. The lowest BCUT2D eigenvalue weighted by Gasteiger charge is -2.19. The van der Waals surface area contributed by atoms with Crippen molar-refractivity contribution < 1.29 is 4.74 Å². The highest BCUT2D eigenvalue weighted by molar-refractivity contribution is 5.22. The lowest BCUT2D eigenvalue weighted by atomic mass is 10.1. The minimum atomic E-state index is 0.0385. The number of imidazole rings is 1. The van der Waals surface area contributed by atoms with Gasteiger partial charge in [-0.15, -0.1) is 0 Å². The number of rotatable bonds is 2. The van der Waals surface area contributed by atoms with Crippen LogP contribution < -0.4 is 5.73 Å². The molecule has 1 aliphatic heterocycles. The van der Waals surface area contributed by atoms with E-state index in [2.05, 4.69) is 18.8 Å². The van der Waals surface area contributed by atoms with Crippen LogP contribution in [0.5, 0.6) is 0 Å². The lowest BCUT2D eigenvalue weighted by molar-refractivity contribution is -0.0216. The van der Waals surface area contributed by atoms with Gasteiger partial charge in [-0.1, -0.05) is 0 Å². The van der Waals surface area contributed by atoms with Crippen LogP contribution in [0.3, 0.4) is 0 Å². The van der Waals surface area contributed by atoms with E-state index >= 15 is 0 Å². The van der Waals surface area contributed by atoms with Crippen molar-refractivity contribution in [3.8, 4) is 0 Å². The van der Waals surface area contributed by atoms with Gasteiger partial charge < -0.3 is 15.0 Å². The summed E-state index contributed by atoms with van der Waals surface area (Å²) in [7, 11) is 0. The van der Waals surface area contributed by atoms with Crippen LogP contribution in [0.1, 0.15) is 26.7 Å². The first kappa shape index (κ1) is 9.52. The molecule has 0 amide bonds. The minimum Gasteiger partial charge on any atom is -0.382 e. The normalized spacial score (nSPS) is 25.4.